The van der Waals surface area contributed by atoms with Crippen molar-refractivity contribution in [2.75, 3.05) is 0 Å². The minimum absolute atomic E-state index is 0.214. The standard InChI is InChI=1S/C6H5ClN2S/c7-10-4-1-2-5(8)6(9)3-4/h1-3,8-9H. The molecule has 0 saturated carbocycles. The Morgan fingerprint density at radius 3 is 2.40 bits per heavy atom. The summed E-state index contributed by atoms with van der Waals surface area (Å²) in [5.74, 6) is 0. The van der Waals surface area contributed by atoms with Crippen LogP contribution in [0, 0.1) is 10.8 Å². The molecule has 52 valence electrons. The summed E-state index contributed by atoms with van der Waals surface area (Å²) in [6.07, 6.45) is 4.85. The van der Waals surface area contributed by atoms with Crippen molar-refractivity contribution in [3.63, 3.8) is 0 Å². The molecule has 0 unspecified atom stereocenters. The van der Waals surface area contributed by atoms with Gasteiger partial charge in [-0.2, -0.15) is 0 Å². The first kappa shape index (κ1) is 7.57. The van der Waals surface area contributed by atoms with Crippen LogP contribution in [0.5, 0.6) is 0 Å². The van der Waals surface area contributed by atoms with Crippen LogP contribution in [0.25, 0.3) is 0 Å². The lowest BCUT2D eigenvalue weighted by molar-refractivity contribution is 1.49. The van der Waals surface area contributed by atoms with Crippen molar-refractivity contribution in [1.82, 2.24) is 0 Å². The summed E-state index contributed by atoms with van der Waals surface area (Å²) in [6.45, 7) is 0. The average Bonchev–Trinajstić information content (AvgIpc) is 1.95. The van der Waals surface area contributed by atoms with Crippen LogP contribution < -0.4 is 0 Å². The van der Waals surface area contributed by atoms with Gasteiger partial charge in [0.15, 0.2) is 0 Å². The van der Waals surface area contributed by atoms with Gasteiger partial charge in [0.05, 0.1) is 11.4 Å². The van der Waals surface area contributed by atoms with Gasteiger partial charge in [0, 0.05) is 4.91 Å². The van der Waals surface area contributed by atoms with Crippen LogP contribution in [-0.2, 0) is 0 Å². The lowest BCUT2D eigenvalue weighted by atomic mass is 10.1. The molecule has 0 aromatic heterocycles. The molecule has 0 aromatic carbocycles. The normalized spacial score (nSPS) is 17.5. The van der Waals surface area contributed by atoms with Crippen molar-refractivity contribution in [3.05, 3.63) is 23.1 Å². The summed E-state index contributed by atoms with van der Waals surface area (Å²) >= 11 is 0. The average molecular weight is 173 g/mol. The second-order valence-corrected chi connectivity index (χ2v) is 2.87. The van der Waals surface area contributed by atoms with E-state index >= 15 is 0 Å². The molecule has 1 rings (SSSR count). The van der Waals surface area contributed by atoms with Crippen LogP contribution in [0.3, 0.4) is 0 Å². The predicted molar refractivity (Wildman–Crippen MR) is 46.1 cm³/mol. The molecule has 2 nitrogen and oxygen atoms in total. The molecule has 1 aliphatic carbocycles. The van der Waals surface area contributed by atoms with E-state index in [-0.39, 0.29) is 11.4 Å². The van der Waals surface area contributed by atoms with E-state index < -0.39 is 0 Å². The van der Waals surface area contributed by atoms with Gasteiger partial charge in [0.25, 0.3) is 0 Å². The SMILES string of the molecule is N=C1C=CC(SCl)=CC1=N. The fourth-order valence-corrected chi connectivity index (χ4v) is 1.14. The van der Waals surface area contributed by atoms with Crippen LogP contribution in [0.4, 0.5) is 0 Å². The second-order valence-electron chi connectivity index (χ2n) is 1.78. The van der Waals surface area contributed by atoms with Crippen molar-refractivity contribution in [2.24, 2.45) is 0 Å². The Hall–Kier alpha value is -0.540. The van der Waals surface area contributed by atoms with E-state index in [1.165, 1.54) is 0 Å². The molecule has 0 bridgehead atoms. The Labute approximate surface area is 67.5 Å². The molecule has 4 heteroatoms. The highest BCUT2D eigenvalue weighted by atomic mass is 35.7. The van der Waals surface area contributed by atoms with Crippen LogP contribution in [0.15, 0.2) is 23.1 Å². The maximum absolute atomic E-state index is 7.20. The first-order chi connectivity index (χ1) is 4.74. The highest BCUT2D eigenvalue weighted by Gasteiger charge is 2.05. The third-order valence-corrected chi connectivity index (χ3v) is 2.05. The predicted octanol–water partition coefficient (Wildman–Crippen LogP) is 2.37. The van der Waals surface area contributed by atoms with Gasteiger partial charge in [-0.1, -0.05) is 0 Å². The molecular formula is C6H5ClN2S. The molecular weight excluding hydrogens is 168 g/mol. The van der Waals surface area contributed by atoms with Gasteiger partial charge in [-0.15, -0.1) is 0 Å². The van der Waals surface area contributed by atoms with Crippen LogP contribution in [-0.4, -0.2) is 11.4 Å². The Kier molecular flexibility index (Phi) is 2.29. The summed E-state index contributed by atoms with van der Waals surface area (Å²) in [5.41, 5.74) is 0.445. The molecule has 0 heterocycles. The lowest BCUT2D eigenvalue weighted by Crippen LogP contribution is -2.08. The monoisotopic (exact) mass is 172 g/mol. The summed E-state index contributed by atoms with van der Waals surface area (Å²) < 4.78 is 0. The van der Waals surface area contributed by atoms with Gasteiger partial charge in [-0.25, -0.2) is 0 Å². The number of rotatable bonds is 1. The summed E-state index contributed by atoms with van der Waals surface area (Å²) in [7, 11) is 6.48. The molecule has 0 saturated heterocycles. The summed E-state index contributed by atoms with van der Waals surface area (Å²) in [5, 5.41) is 14.4. The molecule has 0 radical (unpaired) electrons. The summed E-state index contributed by atoms with van der Waals surface area (Å²) in [4.78, 5) is 0.808. The maximum Gasteiger partial charge on any atom is 0.0800 e. The third-order valence-electron chi connectivity index (χ3n) is 1.08. The fourth-order valence-electron chi connectivity index (χ4n) is 0.571. The molecule has 0 amide bonds. The highest BCUT2D eigenvalue weighted by Crippen LogP contribution is 2.23. The number of nitrogens with one attached hydrogen (secondary N) is 2. The van der Waals surface area contributed by atoms with Crippen molar-refractivity contribution in [3.8, 4) is 0 Å². The van der Waals surface area contributed by atoms with E-state index in [4.69, 9.17) is 21.5 Å². The van der Waals surface area contributed by atoms with E-state index in [1.54, 1.807) is 18.2 Å². The molecule has 0 fully saturated rings. The van der Waals surface area contributed by atoms with Crippen molar-refractivity contribution in [1.29, 1.82) is 10.8 Å². The molecule has 0 aliphatic heterocycles. The van der Waals surface area contributed by atoms with E-state index in [0.29, 0.717) is 0 Å². The maximum atomic E-state index is 7.20. The van der Waals surface area contributed by atoms with Gasteiger partial charge >= 0.3 is 0 Å². The zero-order valence-electron chi connectivity index (χ0n) is 5.02. The molecule has 0 atom stereocenters. The Morgan fingerprint density at radius 2 is 1.90 bits per heavy atom. The second kappa shape index (κ2) is 3.03. The molecule has 0 spiro atoms. The van der Waals surface area contributed by atoms with Crippen molar-refractivity contribution >= 4 is 33.1 Å². The number of allylic oxidation sites excluding steroid dienone is 3. The number of hydrogen-bond donors (Lipinski definition) is 2. The Bertz CT molecular complexity index is 242. The fraction of sp³-hybridized carbons (Fsp3) is 0. The van der Waals surface area contributed by atoms with E-state index in [2.05, 4.69) is 0 Å². The first-order valence-electron chi connectivity index (χ1n) is 2.60. The van der Waals surface area contributed by atoms with Gasteiger partial charge in [0.2, 0.25) is 0 Å². The van der Waals surface area contributed by atoms with E-state index in [1.807, 2.05) is 0 Å². The Morgan fingerprint density at radius 1 is 1.20 bits per heavy atom. The topological polar surface area (TPSA) is 47.7 Å². The van der Waals surface area contributed by atoms with Crippen molar-refractivity contribution in [2.45, 2.75) is 0 Å². The number of halogens is 1. The van der Waals surface area contributed by atoms with Gasteiger partial charge in [0.1, 0.15) is 0 Å². The number of hydrogen-bond acceptors (Lipinski definition) is 3. The minimum atomic E-state index is 0.214. The largest absolute Gasteiger partial charge is 0.299 e. The molecule has 2 N–H and O–H groups in total. The van der Waals surface area contributed by atoms with Crippen LogP contribution in [0.1, 0.15) is 0 Å². The van der Waals surface area contributed by atoms with Gasteiger partial charge in [-0.05, 0) is 39.9 Å². The quantitative estimate of drug-likeness (QED) is 0.587. The smallest absolute Gasteiger partial charge is 0.0800 e. The summed E-state index contributed by atoms with van der Waals surface area (Å²) in [6, 6.07) is 0. The van der Waals surface area contributed by atoms with Gasteiger partial charge < -0.3 is 0 Å². The zero-order chi connectivity index (χ0) is 7.56. The molecule has 1 aliphatic rings. The van der Waals surface area contributed by atoms with E-state index in [9.17, 15) is 0 Å². The zero-order valence-corrected chi connectivity index (χ0v) is 6.59. The minimum Gasteiger partial charge on any atom is -0.299 e. The van der Waals surface area contributed by atoms with Crippen molar-refractivity contribution < 1.29 is 0 Å². The van der Waals surface area contributed by atoms with Gasteiger partial charge in [-0.3, -0.25) is 10.8 Å². The van der Waals surface area contributed by atoms with Crippen LogP contribution in [0.2, 0.25) is 0 Å². The van der Waals surface area contributed by atoms with E-state index in [0.717, 1.165) is 15.9 Å². The first-order valence-corrected chi connectivity index (χ1v) is 4.24. The molecule has 10 heavy (non-hydrogen) atoms. The van der Waals surface area contributed by atoms with Crippen LogP contribution >= 0.6 is 21.7 Å². The lowest BCUT2D eigenvalue weighted by Gasteiger charge is -2.02. The molecule has 0 aromatic rings. The third kappa shape index (κ3) is 1.49. The highest BCUT2D eigenvalue weighted by molar-refractivity contribution is 8.24. The Balaban J connectivity index is 2.86.